The Hall–Kier alpha value is -1.93. The number of hydrogen-bond acceptors (Lipinski definition) is 4. The van der Waals surface area contributed by atoms with Crippen LogP contribution in [0.4, 0.5) is 14.5 Å². The normalized spacial score (nSPS) is 11.8. The summed E-state index contributed by atoms with van der Waals surface area (Å²) in [6.45, 7) is 1.52. The number of furan rings is 1. The van der Waals surface area contributed by atoms with Gasteiger partial charge in [0.05, 0.1) is 6.54 Å². The van der Waals surface area contributed by atoms with Gasteiger partial charge in [0.15, 0.2) is 11.6 Å². The van der Waals surface area contributed by atoms with E-state index in [4.69, 9.17) is 10.2 Å². The van der Waals surface area contributed by atoms with Gasteiger partial charge in [0.2, 0.25) is 10.0 Å². The molecular formula is C12H12F2N2O3S. The van der Waals surface area contributed by atoms with Gasteiger partial charge < -0.3 is 10.2 Å². The van der Waals surface area contributed by atoms with E-state index >= 15 is 0 Å². The van der Waals surface area contributed by atoms with Gasteiger partial charge in [-0.05, 0) is 31.2 Å². The third-order valence-electron chi connectivity index (χ3n) is 2.54. The van der Waals surface area contributed by atoms with Crippen molar-refractivity contribution < 1.29 is 21.6 Å². The minimum Gasteiger partial charge on any atom is -0.465 e. The summed E-state index contributed by atoms with van der Waals surface area (Å²) in [5.74, 6) is -1.82. The molecule has 2 aromatic rings. The lowest BCUT2D eigenvalue weighted by Crippen LogP contribution is -2.24. The van der Waals surface area contributed by atoms with Crippen molar-refractivity contribution in [2.24, 2.45) is 0 Å². The highest BCUT2D eigenvalue weighted by Crippen LogP contribution is 2.21. The number of sulfonamides is 1. The van der Waals surface area contributed by atoms with Crippen molar-refractivity contribution in [3.8, 4) is 0 Å². The molecule has 0 aliphatic heterocycles. The average molecular weight is 302 g/mol. The molecule has 1 aromatic heterocycles. The first-order valence-electron chi connectivity index (χ1n) is 5.59. The summed E-state index contributed by atoms with van der Waals surface area (Å²) in [5.41, 5.74) is 5.14. The first-order valence-corrected chi connectivity index (χ1v) is 7.07. The number of nitrogen functional groups attached to an aromatic ring is 1. The first kappa shape index (κ1) is 14.5. The van der Waals surface area contributed by atoms with Crippen LogP contribution in [0.15, 0.2) is 33.6 Å². The number of rotatable bonds is 4. The number of anilines is 1. The molecule has 1 heterocycles. The van der Waals surface area contributed by atoms with Crippen LogP contribution >= 0.6 is 0 Å². The highest BCUT2D eigenvalue weighted by atomic mass is 32.2. The van der Waals surface area contributed by atoms with Crippen LogP contribution in [0.2, 0.25) is 0 Å². The van der Waals surface area contributed by atoms with Crippen molar-refractivity contribution in [3.63, 3.8) is 0 Å². The molecule has 0 aliphatic rings. The largest absolute Gasteiger partial charge is 0.465 e. The smallest absolute Gasteiger partial charge is 0.244 e. The zero-order valence-electron chi connectivity index (χ0n) is 10.5. The SMILES string of the molecule is Cc1ccc(CNS(=O)(=O)c2cc(N)cc(F)c2F)o1. The Morgan fingerprint density at radius 3 is 2.60 bits per heavy atom. The maximum Gasteiger partial charge on any atom is 0.244 e. The molecule has 0 unspecified atom stereocenters. The summed E-state index contributed by atoms with van der Waals surface area (Å²) in [5, 5.41) is 0. The van der Waals surface area contributed by atoms with Crippen LogP contribution in [0.5, 0.6) is 0 Å². The van der Waals surface area contributed by atoms with Crippen LogP contribution in [0.3, 0.4) is 0 Å². The van der Waals surface area contributed by atoms with E-state index in [0.29, 0.717) is 17.6 Å². The molecule has 0 spiro atoms. The molecular weight excluding hydrogens is 290 g/mol. The Balaban J connectivity index is 2.27. The van der Waals surface area contributed by atoms with E-state index in [1.54, 1.807) is 19.1 Å². The van der Waals surface area contributed by atoms with E-state index in [1.165, 1.54) is 0 Å². The minimum absolute atomic E-state index is 0.175. The lowest BCUT2D eigenvalue weighted by Gasteiger charge is -2.08. The topological polar surface area (TPSA) is 85.3 Å². The highest BCUT2D eigenvalue weighted by molar-refractivity contribution is 7.89. The number of nitrogens with one attached hydrogen (secondary N) is 1. The first-order chi connectivity index (χ1) is 9.29. The molecule has 0 radical (unpaired) electrons. The van der Waals surface area contributed by atoms with E-state index in [0.717, 1.165) is 6.07 Å². The highest BCUT2D eigenvalue weighted by Gasteiger charge is 2.22. The van der Waals surface area contributed by atoms with Gasteiger partial charge in [-0.25, -0.2) is 21.9 Å². The van der Waals surface area contributed by atoms with E-state index < -0.39 is 26.6 Å². The van der Waals surface area contributed by atoms with Gasteiger partial charge >= 0.3 is 0 Å². The van der Waals surface area contributed by atoms with E-state index in [1.807, 2.05) is 0 Å². The fourth-order valence-corrected chi connectivity index (χ4v) is 2.72. The number of halogens is 2. The second-order valence-corrected chi connectivity index (χ2v) is 5.89. The van der Waals surface area contributed by atoms with Crippen molar-refractivity contribution in [1.82, 2.24) is 4.72 Å². The molecule has 0 fully saturated rings. The van der Waals surface area contributed by atoms with Gasteiger partial charge in [-0.1, -0.05) is 0 Å². The lowest BCUT2D eigenvalue weighted by molar-refractivity contribution is 0.470. The number of nitrogens with two attached hydrogens (primary N) is 1. The predicted molar refractivity (Wildman–Crippen MR) is 68.2 cm³/mol. The van der Waals surface area contributed by atoms with Crippen molar-refractivity contribution >= 4 is 15.7 Å². The van der Waals surface area contributed by atoms with Gasteiger partial charge in [0.25, 0.3) is 0 Å². The van der Waals surface area contributed by atoms with Gasteiger partial charge in [0, 0.05) is 5.69 Å². The molecule has 8 heteroatoms. The summed E-state index contributed by atoms with van der Waals surface area (Å²) in [6, 6.07) is 4.80. The third kappa shape index (κ3) is 2.97. The molecule has 108 valence electrons. The van der Waals surface area contributed by atoms with E-state index in [2.05, 4.69) is 4.72 Å². The molecule has 0 bridgehead atoms. The fraction of sp³-hybridized carbons (Fsp3) is 0.167. The zero-order valence-corrected chi connectivity index (χ0v) is 11.3. The third-order valence-corrected chi connectivity index (χ3v) is 3.94. The van der Waals surface area contributed by atoms with Crippen molar-refractivity contribution in [1.29, 1.82) is 0 Å². The second kappa shape index (κ2) is 5.22. The summed E-state index contributed by atoms with van der Waals surface area (Å²) in [6.07, 6.45) is 0. The molecule has 5 nitrogen and oxygen atoms in total. The predicted octanol–water partition coefficient (Wildman–Crippen LogP) is 1.93. The number of benzene rings is 1. The molecule has 1 aromatic carbocycles. The summed E-state index contributed by atoms with van der Waals surface area (Å²) in [4.78, 5) is -0.835. The second-order valence-electron chi connectivity index (χ2n) is 4.15. The Labute approximate surface area is 114 Å². The van der Waals surface area contributed by atoms with Gasteiger partial charge in [0.1, 0.15) is 16.4 Å². The lowest BCUT2D eigenvalue weighted by atomic mass is 10.3. The van der Waals surface area contributed by atoms with Crippen molar-refractivity contribution in [3.05, 3.63) is 47.4 Å². The Morgan fingerprint density at radius 1 is 1.30 bits per heavy atom. The minimum atomic E-state index is -4.23. The van der Waals surface area contributed by atoms with Gasteiger partial charge in [-0.2, -0.15) is 0 Å². The Bertz CT molecular complexity index is 741. The summed E-state index contributed by atoms with van der Waals surface area (Å²) < 4.78 is 57.8. The number of aryl methyl sites for hydroxylation is 1. The fourth-order valence-electron chi connectivity index (χ4n) is 1.60. The maximum atomic E-state index is 13.5. The molecule has 0 aliphatic carbocycles. The summed E-state index contributed by atoms with van der Waals surface area (Å²) >= 11 is 0. The van der Waals surface area contributed by atoms with Crippen LogP contribution in [0.1, 0.15) is 11.5 Å². The van der Waals surface area contributed by atoms with Crippen molar-refractivity contribution in [2.75, 3.05) is 5.73 Å². The van der Waals surface area contributed by atoms with E-state index in [9.17, 15) is 17.2 Å². The van der Waals surface area contributed by atoms with Crippen LogP contribution in [0.25, 0.3) is 0 Å². The molecule has 2 rings (SSSR count). The average Bonchev–Trinajstić information content (AvgIpc) is 2.77. The Kier molecular flexibility index (Phi) is 3.78. The molecule has 0 saturated heterocycles. The monoisotopic (exact) mass is 302 g/mol. The van der Waals surface area contributed by atoms with Crippen LogP contribution in [-0.2, 0) is 16.6 Å². The zero-order chi connectivity index (χ0) is 14.9. The van der Waals surface area contributed by atoms with Crippen molar-refractivity contribution in [2.45, 2.75) is 18.4 Å². The summed E-state index contributed by atoms with van der Waals surface area (Å²) in [7, 11) is -4.23. The Morgan fingerprint density at radius 2 is 2.00 bits per heavy atom. The quantitative estimate of drug-likeness (QED) is 0.845. The van der Waals surface area contributed by atoms with Crippen LogP contribution in [0, 0.1) is 18.6 Å². The van der Waals surface area contributed by atoms with Gasteiger partial charge in [-0.15, -0.1) is 0 Å². The van der Waals surface area contributed by atoms with Crippen LogP contribution in [-0.4, -0.2) is 8.42 Å². The number of hydrogen-bond donors (Lipinski definition) is 2. The maximum absolute atomic E-state index is 13.5. The van der Waals surface area contributed by atoms with Crippen LogP contribution < -0.4 is 10.5 Å². The molecule has 0 atom stereocenters. The molecule has 0 amide bonds. The molecule has 0 saturated carbocycles. The van der Waals surface area contributed by atoms with E-state index in [-0.39, 0.29) is 12.2 Å². The molecule has 20 heavy (non-hydrogen) atoms. The molecule has 3 N–H and O–H groups in total. The standard InChI is InChI=1S/C12H12F2N2O3S/c1-7-2-3-9(19-7)6-16-20(17,18)11-5-8(15)4-10(13)12(11)14/h2-5,16H,6,15H2,1H3. The van der Waals surface area contributed by atoms with Gasteiger partial charge in [-0.3, -0.25) is 0 Å².